The van der Waals surface area contributed by atoms with Gasteiger partial charge in [-0.15, -0.1) is 0 Å². The quantitative estimate of drug-likeness (QED) is 0.717. The highest BCUT2D eigenvalue weighted by Gasteiger charge is 2.25. The molecule has 0 spiro atoms. The van der Waals surface area contributed by atoms with Gasteiger partial charge in [0.2, 0.25) is 11.8 Å². The van der Waals surface area contributed by atoms with E-state index in [0.717, 1.165) is 31.6 Å². The second-order valence-corrected chi connectivity index (χ2v) is 8.09. The molecule has 0 saturated carbocycles. The lowest BCUT2D eigenvalue weighted by molar-refractivity contribution is -0.131. The van der Waals surface area contributed by atoms with Crippen LogP contribution < -0.4 is 4.90 Å². The topological polar surface area (TPSA) is 82.8 Å². The average Bonchev–Trinajstić information content (AvgIpc) is 3.16. The number of hydrogen-bond acceptors (Lipinski definition) is 6. The number of carbonyl (C=O) groups excluding carboxylic acids is 2. The van der Waals surface area contributed by atoms with Gasteiger partial charge >= 0.3 is 0 Å². The SMILES string of the molecule is CCC(=O)N1CCCN(C)CCCN(C(=O)Cc2nonc2C)Cc2cc(F)c(F)cc21. The summed E-state index contributed by atoms with van der Waals surface area (Å²) in [5, 5.41) is 7.48. The molecule has 10 heteroatoms. The van der Waals surface area contributed by atoms with E-state index in [4.69, 9.17) is 0 Å². The van der Waals surface area contributed by atoms with Gasteiger partial charge in [-0.1, -0.05) is 17.2 Å². The van der Waals surface area contributed by atoms with Crippen molar-refractivity contribution in [3.8, 4) is 0 Å². The Kier molecular flexibility index (Phi) is 7.89. The van der Waals surface area contributed by atoms with Crippen molar-refractivity contribution in [2.45, 2.75) is 46.1 Å². The molecule has 0 bridgehead atoms. The summed E-state index contributed by atoms with van der Waals surface area (Å²) in [5.41, 5.74) is 1.66. The fourth-order valence-corrected chi connectivity index (χ4v) is 3.83. The summed E-state index contributed by atoms with van der Waals surface area (Å²) < 4.78 is 33.1. The highest BCUT2D eigenvalue weighted by molar-refractivity contribution is 5.94. The number of carbonyl (C=O) groups is 2. The van der Waals surface area contributed by atoms with Crippen molar-refractivity contribution in [2.24, 2.45) is 0 Å². The summed E-state index contributed by atoms with van der Waals surface area (Å²) >= 11 is 0. The summed E-state index contributed by atoms with van der Waals surface area (Å²) in [6.07, 6.45) is 1.63. The first kappa shape index (κ1) is 23.8. The summed E-state index contributed by atoms with van der Waals surface area (Å²) in [4.78, 5) is 31.0. The van der Waals surface area contributed by atoms with Crippen LogP contribution in [0.5, 0.6) is 0 Å². The molecule has 174 valence electrons. The van der Waals surface area contributed by atoms with Crippen LogP contribution in [0.4, 0.5) is 14.5 Å². The summed E-state index contributed by atoms with van der Waals surface area (Å²) in [6, 6.07) is 2.14. The molecule has 0 atom stereocenters. The number of benzene rings is 1. The van der Waals surface area contributed by atoms with Crippen molar-refractivity contribution in [3.63, 3.8) is 0 Å². The highest BCUT2D eigenvalue weighted by atomic mass is 19.2. The maximum atomic E-state index is 14.2. The maximum Gasteiger partial charge on any atom is 0.229 e. The number of aryl methyl sites for hydroxylation is 1. The Morgan fingerprint density at radius 1 is 1.03 bits per heavy atom. The first-order valence-electron chi connectivity index (χ1n) is 10.8. The molecule has 2 amide bonds. The zero-order chi connectivity index (χ0) is 23.3. The Hall–Kier alpha value is -2.88. The van der Waals surface area contributed by atoms with Crippen LogP contribution >= 0.6 is 0 Å². The van der Waals surface area contributed by atoms with Gasteiger partial charge in [-0.3, -0.25) is 9.59 Å². The molecule has 1 aliphatic heterocycles. The van der Waals surface area contributed by atoms with Crippen LogP contribution in [0.3, 0.4) is 0 Å². The van der Waals surface area contributed by atoms with E-state index in [-0.39, 0.29) is 31.2 Å². The molecule has 0 aliphatic carbocycles. The van der Waals surface area contributed by atoms with Crippen LogP contribution in [0.15, 0.2) is 16.8 Å². The van der Waals surface area contributed by atoms with Gasteiger partial charge in [0.15, 0.2) is 11.6 Å². The van der Waals surface area contributed by atoms with Crippen LogP contribution in [-0.2, 0) is 22.6 Å². The van der Waals surface area contributed by atoms with Crippen LogP contribution in [0.25, 0.3) is 0 Å². The normalized spacial score (nSPS) is 16.3. The molecule has 8 nitrogen and oxygen atoms in total. The number of halogens is 2. The van der Waals surface area contributed by atoms with E-state index in [2.05, 4.69) is 19.8 Å². The van der Waals surface area contributed by atoms with Gasteiger partial charge in [-0.25, -0.2) is 13.4 Å². The van der Waals surface area contributed by atoms with Crippen LogP contribution in [0.2, 0.25) is 0 Å². The van der Waals surface area contributed by atoms with Crippen LogP contribution in [0.1, 0.15) is 43.1 Å². The largest absolute Gasteiger partial charge is 0.338 e. The van der Waals surface area contributed by atoms with Crippen molar-refractivity contribution >= 4 is 17.5 Å². The van der Waals surface area contributed by atoms with Gasteiger partial charge < -0.3 is 14.7 Å². The molecule has 0 radical (unpaired) electrons. The second-order valence-electron chi connectivity index (χ2n) is 8.09. The van der Waals surface area contributed by atoms with Crippen molar-refractivity contribution in [3.05, 3.63) is 40.7 Å². The smallest absolute Gasteiger partial charge is 0.229 e. The monoisotopic (exact) mass is 449 g/mol. The molecule has 0 unspecified atom stereocenters. The number of rotatable bonds is 3. The molecule has 0 fully saturated rings. The van der Waals surface area contributed by atoms with E-state index in [1.54, 1.807) is 18.7 Å². The molecule has 2 aromatic rings. The predicted molar refractivity (Wildman–Crippen MR) is 114 cm³/mol. The molecule has 1 aromatic carbocycles. The number of aromatic nitrogens is 2. The maximum absolute atomic E-state index is 14.2. The Labute approximate surface area is 186 Å². The predicted octanol–water partition coefficient (Wildman–Crippen LogP) is 2.70. The van der Waals surface area contributed by atoms with Crippen LogP contribution in [-0.4, -0.2) is 65.2 Å². The zero-order valence-electron chi connectivity index (χ0n) is 18.7. The fraction of sp³-hybridized carbons (Fsp3) is 0.545. The third kappa shape index (κ3) is 5.67. The summed E-state index contributed by atoms with van der Waals surface area (Å²) in [7, 11) is 1.98. The lowest BCUT2D eigenvalue weighted by Crippen LogP contribution is -2.38. The molecular weight excluding hydrogens is 420 g/mol. The summed E-state index contributed by atoms with van der Waals surface area (Å²) in [5.74, 6) is -2.45. The average molecular weight is 450 g/mol. The van der Waals surface area contributed by atoms with E-state index in [0.29, 0.717) is 42.1 Å². The first-order chi connectivity index (χ1) is 15.3. The van der Waals surface area contributed by atoms with Crippen LogP contribution in [0, 0.1) is 18.6 Å². The number of amides is 2. The molecule has 0 saturated heterocycles. The van der Waals surface area contributed by atoms with E-state index < -0.39 is 11.6 Å². The molecule has 32 heavy (non-hydrogen) atoms. The highest BCUT2D eigenvalue weighted by Crippen LogP contribution is 2.27. The second kappa shape index (κ2) is 10.6. The lowest BCUT2D eigenvalue weighted by Gasteiger charge is -2.31. The van der Waals surface area contributed by atoms with Gasteiger partial charge in [0.25, 0.3) is 0 Å². The Bertz CT molecular complexity index is 965. The lowest BCUT2D eigenvalue weighted by atomic mass is 10.1. The van der Waals surface area contributed by atoms with Crippen molar-refractivity contribution in [1.29, 1.82) is 0 Å². The van der Waals surface area contributed by atoms with Gasteiger partial charge in [0.05, 0.1) is 12.1 Å². The number of nitrogens with zero attached hydrogens (tertiary/aromatic N) is 5. The van der Waals surface area contributed by atoms with Gasteiger partial charge in [0.1, 0.15) is 11.4 Å². The minimum absolute atomic E-state index is 0.0121. The van der Waals surface area contributed by atoms with Crippen molar-refractivity contribution < 1.29 is 23.0 Å². The van der Waals surface area contributed by atoms with E-state index in [9.17, 15) is 18.4 Å². The molecular formula is C22H29F2N5O3. The van der Waals surface area contributed by atoms with Gasteiger partial charge in [0, 0.05) is 32.1 Å². The Balaban J connectivity index is 1.98. The third-order valence-corrected chi connectivity index (χ3v) is 5.68. The molecule has 1 aliphatic rings. The Morgan fingerprint density at radius 3 is 2.38 bits per heavy atom. The zero-order valence-corrected chi connectivity index (χ0v) is 18.7. The fourth-order valence-electron chi connectivity index (χ4n) is 3.83. The molecule has 0 N–H and O–H groups in total. The number of anilines is 1. The van der Waals surface area contributed by atoms with Gasteiger partial charge in [-0.2, -0.15) is 0 Å². The third-order valence-electron chi connectivity index (χ3n) is 5.68. The van der Waals surface area contributed by atoms with E-state index in [1.807, 2.05) is 7.05 Å². The van der Waals surface area contributed by atoms with E-state index in [1.165, 1.54) is 4.90 Å². The first-order valence-corrected chi connectivity index (χ1v) is 10.8. The summed E-state index contributed by atoms with van der Waals surface area (Å²) in [6.45, 7) is 5.79. The number of fused-ring (bicyclic) bond motifs is 1. The molecule has 2 heterocycles. The Morgan fingerprint density at radius 2 is 1.72 bits per heavy atom. The minimum atomic E-state index is -1.02. The van der Waals surface area contributed by atoms with Crippen molar-refractivity contribution in [2.75, 3.05) is 38.1 Å². The van der Waals surface area contributed by atoms with E-state index >= 15 is 0 Å². The standard InChI is InChI=1S/C22H29F2N5O3/c1-4-21(30)29-10-6-8-27(3)7-5-9-28(22(31)13-19-15(2)25-32-26-19)14-16-11-17(23)18(24)12-20(16)29/h11-12H,4-10,13-14H2,1-3H3. The molecule has 3 rings (SSSR count). The molecule has 1 aromatic heterocycles. The number of hydrogen-bond donors (Lipinski definition) is 0. The van der Waals surface area contributed by atoms with Gasteiger partial charge in [-0.05, 0) is 51.5 Å². The minimum Gasteiger partial charge on any atom is -0.338 e. The van der Waals surface area contributed by atoms with Crippen molar-refractivity contribution in [1.82, 2.24) is 20.1 Å².